The van der Waals surface area contributed by atoms with Crippen molar-refractivity contribution in [3.8, 4) is 0 Å². The van der Waals surface area contributed by atoms with E-state index in [-0.39, 0.29) is 5.91 Å². The topological polar surface area (TPSA) is 20.3 Å². The summed E-state index contributed by atoms with van der Waals surface area (Å²) in [5, 5.41) is 0. The van der Waals surface area contributed by atoms with Gasteiger partial charge in [-0.25, -0.2) is 0 Å². The Labute approximate surface area is 119 Å². The first-order valence-corrected chi connectivity index (χ1v) is 7.23. The summed E-state index contributed by atoms with van der Waals surface area (Å²) >= 11 is 5.08. The molecule has 0 aliphatic heterocycles. The average molecular weight is 324 g/mol. The van der Waals surface area contributed by atoms with Gasteiger partial charge in [-0.15, -0.1) is 11.3 Å². The molecule has 0 saturated carbocycles. The Morgan fingerprint density at radius 2 is 1.89 bits per heavy atom. The Balaban J connectivity index is 2.07. The van der Waals surface area contributed by atoms with Gasteiger partial charge in [-0.3, -0.25) is 4.79 Å². The number of carbonyl (C=O) groups is 1. The van der Waals surface area contributed by atoms with Gasteiger partial charge in [-0.2, -0.15) is 0 Å². The van der Waals surface area contributed by atoms with Gasteiger partial charge in [0, 0.05) is 17.5 Å². The fourth-order valence-corrected chi connectivity index (χ4v) is 3.20. The van der Waals surface area contributed by atoms with Gasteiger partial charge in [0.1, 0.15) is 0 Å². The van der Waals surface area contributed by atoms with Crippen molar-refractivity contribution < 1.29 is 4.79 Å². The zero-order valence-electron chi connectivity index (χ0n) is 10.3. The monoisotopic (exact) mass is 323 g/mol. The van der Waals surface area contributed by atoms with Crippen LogP contribution in [0, 0.1) is 6.92 Å². The lowest BCUT2D eigenvalue weighted by molar-refractivity contribution is 0.0786. The molecule has 1 heterocycles. The molecule has 0 unspecified atom stereocenters. The highest BCUT2D eigenvalue weighted by Crippen LogP contribution is 2.23. The third-order valence-electron chi connectivity index (χ3n) is 2.67. The van der Waals surface area contributed by atoms with E-state index >= 15 is 0 Å². The third-order valence-corrected chi connectivity index (χ3v) is 4.28. The normalized spacial score (nSPS) is 10.4. The maximum Gasteiger partial charge on any atom is 0.253 e. The van der Waals surface area contributed by atoms with Crippen LogP contribution in [0.15, 0.2) is 40.2 Å². The van der Waals surface area contributed by atoms with Crippen molar-refractivity contribution in [3.63, 3.8) is 0 Å². The van der Waals surface area contributed by atoms with Crippen LogP contribution in [0.4, 0.5) is 0 Å². The molecule has 0 saturated heterocycles. The molecule has 2 rings (SSSR count). The Kier molecular flexibility index (Phi) is 4.19. The Morgan fingerprint density at radius 1 is 1.22 bits per heavy atom. The highest BCUT2D eigenvalue weighted by atomic mass is 79.9. The number of thiophene rings is 1. The first-order chi connectivity index (χ1) is 8.56. The van der Waals surface area contributed by atoms with Crippen molar-refractivity contribution in [2.75, 3.05) is 7.05 Å². The van der Waals surface area contributed by atoms with Gasteiger partial charge < -0.3 is 4.90 Å². The number of amides is 1. The second-order valence-electron chi connectivity index (χ2n) is 4.23. The van der Waals surface area contributed by atoms with Crippen molar-refractivity contribution in [2.24, 2.45) is 0 Å². The molecule has 1 amide bonds. The van der Waals surface area contributed by atoms with Crippen LogP contribution in [-0.2, 0) is 6.54 Å². The maximum absolute atomic E-state index is 12.2. The number of hydrogen-bond donors (Lipinski definition) is 0. The Bertz CT molecular complexity index is 547. The van der Waals surface area contributed by atoms with E-state index in [1.807, 2.05) is 50.4 Å². The van der Waals surface area contributed by atoms with E-state index < -0.39 is 0 Å². The zero-order chi connectivity index (χ0) is 13.1. The largest absolute Gasteiger partial charge is 0.337 e. The maximum atomic E-state index is 12.2. The molecular weight excluding hydrogens is 310 g/mol. The number of rotatable bonds is 3. The highest BCUT2D eigenvalue weighted by Gasteiger charge is 2.12. The van der Waals surface area contributed by atoms with E-state index in [0.29, 0.717) is 6.54 Å². The summed E-state index contributed by atoms with van der Waals surface area (Å²) in [7, 11) is 1.83. The van der Waals surface area contributed by atoms with Crippen LogP contribution in [0.2, 0.25) is 0 Å². The van der Waals surface area contributed by atoms with E-state index in [1.54, 1.807) is 16.2 Å². The molecule has 0 atom stereocenters. The zero-order valence-corrected chi connectivity index (χ0v) is 12.7. The molecule has 0 bridgehead atoms. The van der Waals surface area contributed by atoms with Crippen LogP contribution in [-0.4, -0.2) is 17.9 Å². The average Bonchev–Trinajstić information content (AvgIpc) is 2.75. The van der Waals surface area contributed by atoms with Crippen LogP contribution < -0.4 is 0 Å². The standard InChI is InChI=1S/C14H14BrNOS/c1-10-3-5-11(6-4-10)14(17)16(2)9-12-7-8-13(15)18-12/h3-8H,9H2,1-2H3. The second-order valence-corrected chi connectivity index (χ2v) is 6.78. The number of carbonyl (C=O) groups excluding carboxylic acids is 1. The quantitative estimate of drug-likeness (QED) is 0.833. The van der Waals surface area contributed by atoms with Crippen molar-refractivity contribution >= 4 is 33.2 Å². The molecule has 1 aromatic carbocycles. The fraction of sp³-hybridized carbons (Fsp3) is 0.214. The summed E-state index contributed by atoms with van der Waals surface area (Å²) in [5.41, 5.74) is 1.90. The summed E-state index contributed by atoms with van der Waals surface area (Å²) in [6.07, 6.45) is 0. The lowest BCUT2D eigenvalue weighted by atomic mass is 10.1. The molecule has 18 heavy (non-hydrogen) atoms. The van der Waals surface area contributed by atoms with Gasteiger partial charge in [0.2, 0.25) is 0 Å². The van der Waals surface area contributed by atoms with Crippen molar-refractivity contribution in [3.05, 3.63) is 56.2 Å². The summed E-state index contributed by atoms with van der Waals surface area (Å²) in [6.45, 7) is 2.66. The van der Waals surface area contributed by atoms with Gasteiger partial charge in [0.25, 0.3) is 5.91 Å². The van der Waals surface area contributed by atoms with Crippen LogP contribution in [0.25, 0.3) is 0 Å². The molecule has 0 aliphatic carbocycles. The third kappa shape index (κ3) is 3.21. The minimum absolute atomic E-state index is 0.0551. The van der Waals surface area contributed by atoms with Gasteiger partial charge >= 0.3 is 0 Å². The van der Waals surface area contributed by atoms with Crippen molar-refractivity contribution in [1.29, 1.82) is 0 Å². The van der Waals surface area contributed by atoms with E-state index in [4.69, 9.17) is 0 Å². The molecule has 1 aromatic heterocycles. The van der Waals surface area contributed by atoms with Gasteiger partial charge in [-0.05, 0) is 47.1 Å². The molecule has 0 spiro atoms. The van der Waals surface area contributed by atoms with Crippen LogP contribution in [0.5, 0.6) is 0 Å². The van der Waals surface area contributed by atoms with E-state index in [2.05, 4.69) is 15.9 Å². The predicted octanol–water partition coefficient (Wildman–Crippen LogP) is 4.09. The molecule has 0 N–H and O–H groups in total. The number of hydrogen-bond acceptors (Lipinski definition) is 2. The number of halogens is 1. The van der Waals surface area contributed by atoms with E-state index in [1.165, 1.54) is 4.88 Å². The molecule has 2 nitrogen and oxygen atoms in total. The summed E-state index contributed by atoms with van der Waals surface area (Å²) in [4.78, 5) is 15.1. The molecular formula is C14H14BrNOS. The molecule has 4 heteroatoms. The van der Waals surface area contributed by atoms with E-state index in [0.717, 1.165) is 14.9 Å². The van der Waals surface area contributed by atoms with Crippen LogP contribution in [0.3, 0.4) is 0 Å². The summed E-state index contributed by atoms with van der Waals surface area (Å²) in [6, 6.07) is 11.7. The fourth-order valence-electron chi connectivity index (χ4n) is 1.66. The lowest BCUT2D eigenvalue weighted by Gasteiger charge is -2.16. The molecule has 0 fully saturated rings. The number of benzene rings is 1. The molecule has 0 radical (unpaired) electrons. The Hall–Kier alpha value is -1.13. The minimum Gasteiger partial charge on any atom is -0.337 e. The summed E-state index contributed by atoms with van der Waals surface area (Å²) in [5.74, 6) is 0.0551. The van der Waals surface area contributed by atoms with Crippen molar-refractivity contribution in [2.45, 2.75) is 13.5 Å². The molecule has 2 aromatic rings. The van der Waals surface area contributed by atoms with Crippen LogP contribution in [0.1, 0.15) is 20.8 Å². The second kappa shape index (κ2) is 5.67. The van der Waals surface area contributed by atoms with Gasteiger partial charge in [-0.1, -0.05) is 17.7 Å². The molecule has 0 aliphatic rings. The first-order valence-electron chi connectivity index (χ1n) is 5.62. The van der Waals surface area contributed by atoms with Crippen molar-refractivity contribution in [1.82, 2.24) is 4.90 Å². The van der Waals surface area contributed by atoms with Gasteiger partial charge in [0.15, 0.2) is 0 Å². The smallest absolute Gasteiger partial charge is 0.253 e. The lowest BCUT2D eigenvalue weighted by Crippen LogP contribution is -2.25. The summed E-state index contributed by atoms with van der Waals surface area (Å²) < 4.78 is 1.09. The van der Waals surface area contributed by atoms with Crippen LogP contribution >= 0.6 is 27.3 Å². The van der Waals surface area contributed by atoms with Gasteiger partial charge in [0.05, 0.1) is 10.3 Å². The van der Waals surface area contributed by atoms with E-state index in [9.17, 15) is 4.79 Å². The molecule has 94 valence electrons. The SMILES string of the molecule is Cc1ccc(C(=O)N(C)Cc2ccc(Br)s2)cc1. The number of nitrogens with zero attached hydrogens (tertiary/aromatic N) is 1. The first kappa shape index (κ1) is 13.3. The predicted molar refractivity (Wildman–Crippen MR) is 79.0 cm³/mol. The highest BCUT2D eigenvalue weighted by molar-refractivity contribution is 9.11. The Morgan fingerprint density at radius 3 is 2.44 bits per heavy atom. The minimum atomic E-state index is 0.0551. The number of aryl methyl sites for hydroxylation is 1.